The third kappa shape index (κ3) is 3.37. The van der Waals surface area contributed by atoms with Crippen molar-refractivity contribution in [3.05, 3.63) is 84.1 Å². The van der Waals surface area contributed by atoms with E-state index >= 15 is 0 Å². The van der Waals surface area contributed by atoms with Gasteiger partial charge in [-0.15, -0.1) is 10.2 Å². The van der Waals surface area contributed by atoms with Gasteiger partial charge in [-0.3, -0.25) is 4.57 Å². The fraction of sp³-hybridized carbons (Fsp3) is 0.100. The average Bonchev–Trinajstić information content (AvgIpc) is 3.30. The number of benzene rings is 2. The van der Waals surface area contributed by atoms with Gasteiger partial charge in [0.2, 0.25) is 5.82 Å². The monoisotopic (exact) mass is 347 g/mol. The summed E-state index contributed by atoms with van der Waals surface area (Å²) >= 11 is 1.67. The van der Waals surface area contributed by atoms with Gasteiger partial charge in [-0.1, -0.05) is 54.2 Å². The molecule has 0 aliphatic carbocycles. The summed E-state index contributed by atoms with van der Waals surface area (Å²) in [5.41, 5.74) is 3.48. The smallest absolute Gasteiger partial charge is 0.205 e. The molecule has 0 spiro atoms. The molecule has 0 fully saturated rings. The SMILES string of the molecule is Cc1cccc(-n2c(SCc3ccccc3)nnc2-c2ccco2)c1. The first-order valence-corrected chi connectivity index (χ1v) is 9.03. The van der Waals surface area contributed by atoms with Gasteiger partial charge in [0.15, 0.2) is 10.9 Å². The highest BCUT2D eigenvalue weighted by Crippen LogP contribution is 2.30. The molecule has 2 aromatic heterocycles. The number of hydrogen-bond acceptors (Lipinski definition) is 4. The second-order valence-electron chi connectivity index (χ2n) is 5.73. The van der Waals surface area contributed by atoms with Gasteiger partial charge in [0, 0.05) is 5.75 Å². The molecule has 0 unspecified atom stereocenters. The van der Waals surface area contributed by atoms with E-state index in [2.05, 4.69) is 64.2 Å². The van der Waals surface area contributed by atoms with Crippen molar-refractivity contribution in [2.75, 3.05) is 0 Å². The van der Waals surface area contributed by atoms with Crippen molar-refractivity contribution in [3.8, 4) is 17.3 Å². The Morgan fingerprint density at radius 2 is 1.84 bits per heavy atom. The van der Waals surface area contributed by atoms with Crippen LogP contribution in [0.5, 0.6) is 0 Å². The van der Waals surface area contributed by atoms with Crippen molar-refractivity contribution in [1.29, 1.82) is 0 Å². The molecular weight excluding hydrogens is 330 g/mol. The zero-order valence-corrected chi connectivity index (χ0v) is 14.6. The van der Waals surface area contributed by atoms with Gasteiger partial charge >= 0.3 is 0 Å². The molecule has 0 aliphatic rings. The van der Waals surface area contributed by atoms with Crippen molar-refractivity contribution in [1.82, 2.24) is 14.8 Å². The van der Waals surface area contributed by atoms with E-state index in [0.717, 1.165) is 16.6 Å². The van der Waals surface area contributed by atoms with Crippen molar-refractivity contribution < 1.29 is 4.42 Å². The average molecular weight is 347 g/mol. The summed E-state index contributed by atoms with van der Waals surface area (Å²) in [5.74, 6) is 2.26. The minimum Gasteiger partial charge on any atom is -0.461 e. The van der Waals surface area contributed by atoms with Gasteiger partial charge < -0.3 is 4.42 Å². The summed E-state index contributed by atoms with van der Waals surface area (Å²) in [7, 11) is 0. The van der Waals surface area contributed by atoms with E-state index in [1.807, 2.05) is 24.3 Å². The van der Waals surface area contributed by atoms with E-state index in [4.69, 9.17) is 4.42 Å². The Labute approximate surface area is 150 Å². The zero-order chi connectivity index (χ0) is 17.1. The molecule has 0 bridgehead atoms. The maximum Gasteiger partial charge on any atom is 0.205 e. The Hall–Kier alpha value is -2.79. The predicted molar refractivity (Wildman–Crippen MR) is 99.8 cm³/mol. The fourth-order valence-electron chi connectivity index (χ4n) is 2.65. The van der Waals surface area contributed by atoms with Crippen LogP contribution in [0.25, 0.3) is 17.3 Å². The van der Waals surface area contributed by atoms with Crippen molar-refractivity contribution >= 4 is 11.8 Å². The summed E-state index contributed by atoms with van der Waals surface area (Å²) < 4.78 is 7.61. The number of aromatic nitrogens is 3. The predicted octanol–water partition coefficient (Wildman–Crippen LogP) is 5.13. The van der Waals surface area contributed by atoms with Crippen LogP contribution >= 0.6 is 11.8 Å². The molecule has 124 valence electrons. The standard InChI is InChI=1S/C20H17N3OS/c1-15-7-5-10-17(13-15)23-19(18-11-6-12-24-18)21-22-20(23)25-14-16-8-3-2-4-9-16/h2-13H,14H2,1H3. The Morgan fingerprint density at radius 1 is 0.960 bits per heavy atom. The maximum absolute atomic E-state index is 5.56. The van der Waals surface area contributed by atoms with Crippen LogP contribution in [0, 0.1) is 6.92 Å². The molecule has 0 aliphatic heterocycles. The van der Waals surface area contributed by atoms with Crippen LogP contribution in [0.3, 0.4) is 0 Å². The number of hydrogen-bond donors (Lipinski definition) is 0. The molecule has 2 heterocycles. The third-order valence-corrected chi connectivity index (χ3v) is 4.85. The molecule has 0 N–H and O–H groups in total. The number of rotatable bonds is 5. The quantitative estimate of drug-likeness (QED) is 0.470. The molecule has 4 aromatic rings. The van der Waals surface area contributed by atoms with Gasteiger partial charge in [0.1, 0.15) is 0 Å². The second-order valence-corrected chi connectivity index (χ2v) is 6.67. The molecule has 0 saturated heterocycles. The molecule has 25 heavy (non-hydrogen) atoms. The van der Waals surface area contributed by atoms with Crippen LogP contribution in [0.2, 0.25) is 0 Å². The van der Waals surface area contributed by atoms with Gasteiger partial charge in [0.05, 0.1) is 12.0 Å². The summed E-state index contributed by atoms with van der Waals surface area (Å²) in [5, 5.41) is 9.63. The van der Waals surface area contributed by atoms with Gasteiger partial charge in [0.25, 0.3) is 0 Å². The Balaban J connectivity index is 1.74. The lowest BCUT2D eigenvalue weighted by Gasteiger charge is -2.10. The van der Waals surface area contributed by atoms with Crippen LogP contribution in [0.1, 0.15) is 11.1 Å². The summed E-state index contributed by atoms with van der Waals surface area (Å²) in [4.78, 5) is 0. The lowest BCUT2D eigenvalue weighted by molar-refractivity contribution is 0.575. The van der Waals surface area contributed by atoms with E-state index < -0.39 is 0 Å². The van der Waals surface area contributed by atoms with E-state index in [9.17, 15) is 0 Å². The summed E-state index contributed by atoms with van der Waals surface area (Å²) in [6, 6.07) is 22.4. The van der Waals surface area contributed by atoms with E-state index in [-0.39, 0.29) is 0 Å². The lowest BCUT2D eigenvalue weighted by Crippen LogP contribution is -1.99. The van der Waals surface area contributed by atoms with Crippen molar-refractivity contribution in [2.24, 2.45) is 0 Å². The van der Waals surface area contributed by atoms with Crippen molar-refractivity contribution in [2.45, 2.75) is 17.8 Å². The molecule has 0 radical (unpaired) electrons. The van der Waals surface area contributed by atoms with E-state index in [1.165, 1.54) is 11.1 Å². The minimum atomic E-state index is 0.709. The molecule has 4 rings (SSSR count). The van der Waals surface area contributed by atoms with Crippen LogP contribution in [0.4, 0.5) is 0 Å². The normalized spacial score (nSPS) is 10.9. The molecule has 5 heteroatoms. The first-order valence-electron chi connectivity index (χ1n) is 8.04. The lowest BCUT2D eigenvalue weighted by atomic mass is 10.2. The number of nitrogens with zero attached hydrogens (tertiary/aromatic N) is 3. The molecule has 0 atom stereocenters. The van der Waals surface area contributed by atoms with Crippen LogP contribution in [-0.2, 0) is 5.75 Å². The molecular formula is C20H17N3OS. The largest absolute Gasteiger partial charge is 0.461 e. The highest BCUT2D eigenvalue weighted by molar-refractivity contribution is 7.98. The van der Waals surface area contributed by atoms with Crippen LogP contribution < -0.4 is 0 Å². The topological polar surface area (TPSA) is 43.9 Å². The van der Waals surface area contributed by atoms with Crippen LogP contribution in [-0.4, -0.2) is 14.8 Å². The van der Waals surface area contributed by atoms with E-state index in [1.54, 1.807) is 18.0 Å². The Bertz CT molecular complexity index is 962. The molecule has 0 saturated carbocycles. The van der Waals surface area contributed by atoms with Gasteiger partial charge in [-0.25, -0.2) is 0 Å². The summed E-state index contributed by atoms with van der Waals surface area (Å²) in [6.07, 6.45) is 1.65. The zero-order valence-electron chi connectivity index (χ0n) is 13.8. The van der Waals surface area contributed by atoms with E-state index in [0.29, 0.717) is 11.6 Å². The number of thioether (sulfide) groups is 1. The highest BCUT2D eigenvalue weighted by Gasteiger charge is 2.18. The molecule has 0 amide bonds. The fourth-order valence-corrected chi connectivity index (χ4v) is 3.56. The van der Waals surface area contributed by atoms with Crippen molar-refractivity contribution in [3.63, 3.8) is 0 Å². The highest BCUT2D eigenvalue weighted by atomic mass is 32.2. The Kier molecular flexibility index (Phi) is 4.39. The minimum absolute atomic E-state index is 0.709. The molecule has 2 aromatic carbocycles. The third-order valence-electron chi connectivity index (χ3n) is 3.85. The molecule has 4 nitrogen and oxygen atoms in total. The number of furan rings is 1. The first-order chi connectivity index (χ1) is 12.3. The van der Waals surface area contributed by atoms with Crippen LogP contribution in [0.15, 0.2) is 82.6 Å². The Morgan fingerprint density at radius 3 is 2.60 bits per heavy atom. The number of aryl methyl sites for hydroxylation is 1. The van der Waals surface area contributed by atoms with Gasteiger partial charge in [-0.2, -0.15) is 0 Å². The first kappa shape index (κ1) is 15.7. The second kappa shape index (κ2) is 6.99. The maximum atomic E-state index is 5.56. The van der Waals surface area contributed by atoms with Gasteiger partial charge in [-0.05, 0) is 42.3 Å². The summed E-state index contributed by atoms with van der Waals surface area (Å²) in [6.45, 7) is 2.08.